The minimum atomic E-state index is -0.272. The predicted octanol–water partition coefficient (Wildman–Crippen LogP) is 3.78. The number of carbonyl (C=O) groups excluding carboxylic acids is 1. The van der Waals surface area contributed by atoms with E-state index in [2.05, 4.69) is 33.7 Å². The summed E-state index contributed by atoms with van der Waals surface area (Å²) < 4.78 is 7.35. The van der Waals surface area contributed by atoms with Crippen molar-refractivity contribution in [1.82, 2.24) is 9.66 Å². The molecule has 5 nitrogen and oxygen atoms in total. The van der Waals surface area contributed by atoms with Gasteiger partial charge in [0.05, 0.1) is 11.2 Å². The summed E-state index contributed by atoms with van der Waals surface area (Å²) in [6.45, 7) is 4.73. The van der Waals surface area contributed by atoms with Crippen LogP contribution in [0, 0.1) is 0 Å². The Morgan fingerprint density at radius 3 is 2.67 bits per heavy atom. The lowest BCUT2D eigenvalue weighted by molar-refractivity contribution is -0.142. The molecule has 0 atom stereocenters. The molecule has 0 aliphatic heterocycles. The maximum Gasteiger partial charge on any atom is 0.302 e. The summed E-state index contributed by atoms with van der Waals surface area (Å²) in [6.07, 6.45) is 6.64. The molecule has 5 heteroatoms. The van der Waals surface area contributed by atoms with Gasteiger partial charge < -0.3 is 4.74 Å². The van der Waals surface area contributed by atoms with Gasteiger partial charge in [0.25, 0.3) is 0 Å². The molecule has 0 spiro atoms. The Labute approximate surface area is 141 Å². The molecule has 0 amide bonds. The molecule has 0 aliphatic rings. The lowest BCUT2D eigenvalue weighted by atomic mass is 10.2. The zero-order valence-corrected chi connectivity index (χ0v) is 14.0. The fourth-order valence-electron chi connectivity index (χ4n) is 2.81. The molecule has 3 aromatic rings. The van der Waals surface area contributed by atoms with Gasteiger partial charge >= 0.3 is 5.97 Å². The molecule has 2 aromatic heterocycles. The highest BCUT2D eigenvalue weighted by atomic mass is 16.5. The second kappa shape index (κ2) is 7.17. The third-order valence-corrected chi connectivity index (χ3v) is 3.86. The molecule has 0 aliphatic carbocycles. The van der Waals surface area contributed by atoms with Crippen LogP contribution in [0.4, 0.5) is 5.69 Å². The SMILES string of the molecule is CCCN(c1ccncc1)n1cc(COC(C)=O)c2ccccc21. The van der Waals surface area contributed by atoms with E-state index < -0.39 is 0 Å². The Morgan fingerprint density at radius 2 is 1.96 bits per heavy atom. The number of aromatic nitrogens is 2. The fourth-order valence-corrected chi connectivity index (χ4v) is 2.81. The minimum Gasteiger partial charge on any atom is -0.461 e. The molecule has 2 heterocycles. The van der Waals surface area contributed by atoms with Crippen molar-refractivity contribution in [1.29, 1.82) is 0 Å². The number of hydrogen-bond acceptors (Lipinski definition) is 4. The zero-order valence-electron chi connectivity index (χ0n) is 14.0. The van der Waals surface area contributed by atoms with Crippen LogP contribution in [0.25, 0.3) is 10.9 Å². The molecule has 3 rings (SSSR count). The zero-order chi connectivity index (χ0) is 16.9. The molecule has 0 bridgehead atoms. The topological polar surface area (TPSA) is 47.4 Å². The van der Waals surface area contributed by atoms with Crippen LogP contribution >= 0.6 is 0 Å². The number of pyridine rings is 1. The molecular weight excluding hydrogens is 302 g/mol. The maximum atomic E-state index is 11.2. The largest absolute Gasteiger partial charge is 0.461 e. The number of esters is 1. The highest BCUT2D eigenvalue weighted by Gasteiger charge is 2.15. The van der Waals surface area contributed by atoms with Gasteiger partial charge in [-0.15, -0.1) is 0 Å². The monoisotopic (exact) mass is 323 g/mol. The highest BCUT2D eigenvalue weighted by molar-refractivity contribution is 5.85. The molecule has 0 unspecified atom stereocenters. The molecule has 124 valence electrons. The van der Waals surface area contributed by atoms with Gasteiger partial charge in [0, 0.05) is 43.0 Å². The lowest BCUT2D eigenvalue weighted by Crippen LogP contribution is -2.29. The molecule has 0 N–H and O–H groups in total. The van der Waals surface area contributed by atoms with Crippen LogP contribution in [0.2, 0.25) is 0 Å². The van der Waals surface area contributed by atoms with Crippen molar-refractivity contribution in [3.63, 3.8) is 0 Å². The van der Waals surface area contributed by atoms with Gasteiger partial charge in [-0.25, -0.2) is 0 Å². The summed E-state index contributed by atoms with van der Waals surface area (Å²) in [5.41, 5.74) is 3.16. The number of carbonyl (C=O) groups is 1. The lowest BCUT2D eigenvalue weighted by Gasteiger charge is -2.26. The quantitative estimate of drug-likeness (QED) is 0.648. The fraction of sp³-hybridized carbons (Fsp3) is 0.263. The molecule has 24 heavy (non-hydrogen) atoms. The average molecular weight is 323 g/mol. The number of benzene rings is 1. The summed E-state index contributed by atoms with van der Waals surface area (Å²) in [5.74, 6) is -0.272. The van der Waals surface area contributed by atoms with Crippen molar-refractivity contribution < 1.29 is 9.53 Å². The average Bonchev–Trinajstić information content (AvgIpc) is 2.97. The number of anilines is 1. The second-order valence-corrected chi connectivity index (χ2v) is 5.62. The number of hydrogen-bond donors (Lipinski definition) is 0. The van der Waals surface area contributed by atoms with Gasteiger partial charge in [0.15, 0.2) is 0 Å². The van der Waals surface area contributed by atoms with Crippen LogP contribution in [-0.4, -0.2) is 22.2 Å². The van der Waals surface area contributed by atoms with Crippen LogP contribution in [0.3, 0.4) is 0 Å². The molecule has 0 fully saturated rings. The molecule has 1 aromatic carbocycles. The van der Waals surface area contributed by atoms with Crippen molar-refractivity contribution >= 4 is 22.6 Å². The molecule has 0 saturated heterocycles. The Bertz CT molecular complexity index is 827. The number of ether oxygens (including phenoxy) is 1. The third kappa shape index (κ3) is 3.25. The first-order chi connectivity index (χ1) is 11.7. The number of para-hydroxylation sites is 1. The van der Waals surface area contributed by atoms with E-state index in [4.69, 9.17) is 4.74 Å². The molecular formula is C19H21N3O2. The number of fused-ring (bicyclic) bond motifs is 1. The first kappa shape index (κ1) is 16.1. The van der Waals surface area contributed by atoms with Crippen molar-refractivity contribution in [3.8, 4) is 0 Å². The van der Waals surface area contributed by atoms with E-state index in [1.54, 1.807) is 12.4 Å². The van der Waals surface area contributed by atoms with Crippen LogP contribution in [0.15, 0.2) is 55.0 Å². The predicted molar refractivity (Wildman–Crippen MR) is 94.7 cm³/mol. The van der Waals surface area contributed by atoms with Crippen LogP contribution < -0.4 is 5.01 Å². The van der Waals surface area contributed by atoms with E-state index in [0.717, 1.165) is 35.1 Å². The standard InChI is InChI=1S/C19H21N3O2/c1-3-12-21(17-8-10-20-11-9-17)22-13-16(14-24-15(2)23)18-6-4-5-7-19(18)22/h4-11,13H,3,12,14H2,1-2H3. The highest BCUT2D eigenvalue weighted by Crippen LogP contribution is 2.25. The van der Waals surface area contributed by atoms with Crippen molar-refractivity contribution in [2.75, 3.05) is 11.6 Å². The smallest absolute Gasteiger partial charge is 0.302 e. The summed E-state index contributed by atoms with van der Waals surface area (Å²) in [7, 11) is 0. The number of rotatable bonds is 6. The van der Waals surface area contributed by atoms with Gasteiger partial charge in [-0.1, -0.05) is 25.1 Å². The summed E-state index contributed by atoms with van der Waals surface area (Å²) >= 11 is 0. The Balaban J connectivity index is 2.08. The van der Waals surface area contributed by atoms with Crippen LogP contribution in [0.1, 0.15) is 25.8 Å². The van der Waals surface area contributed by atoms with Gasteiger partial charge in [0.1, 0.15) is 6.61 Å². The van der Waals surface area contributed by atoms with Crippen molar-refractivity contribution in [3.05, 3.63) is 60.6 Å². The van der Waals surface area contributed by atoms with Gasteiger partial charge in [-0.2, -0.15) is 0 Å². The first-order valence-corrected chi connectivity index (χ1v) is 8.11. The van der Waals surface area contributed by atoms with E-state index in [0.29, 0.717) is 0 Å². The number of nitrogens with zero attached hydrogens (tertiary/aromatic N) is 3. The summed E-state index contributed by atoms with van der Waals surface area (Å²) in [5, 5.41) is 3.30. The van der Waals surface area contributed by atoms with Gasteiger partial charge in [-0.05, 0) is 24.6 Å². The Hall–Kier alpha value is -2.82. The van der Waals surface area contributed by atoms with Crippen molar-refractivity contribution in [2.45, 2.75) is 26.9 Å². The maximum absolute atomic E-state index is 11.2. The first-order valence-electron chi connectivity index (χ1n) is 8.11. The Kier molecular flexibility index (Phi) is 4.79. The summed E-state index contributed by atoms with van der Waals surface area (Å²) in [4.78, 5) is 15.3. The van der Waals surface area contributed by atoms with Gasteiger partial charge in [-0.3, -0.25) is 19.5 Å². The Morgan fingerprint density at radius 1 is 1.21 bits per heavy atom. The van der Waals surface area contributed by atoms with Crippen LogP contribution in [0.5, 0.6) is 0 Å². The second-order valence-electron chi connectivity index (χ2n) is 5.62. The van der Waals surface area contributed by atoms with Gasteiger partial charge in [0.2, 0.25) is 0 Å². The van der Waals surface area contributed by atoms with Crippen molar-refractivity contribution in [2.24, 2.45) is 0 Å². The van der Waals surface area contributed by atoms with E-state index in [1.165, 1.54) is 6.92 Å². The van der Waals surface area contributed by atoms with E-state index in [1.807, 2.05) is 30.5 Å². The minimum absolute atomic E-state index is 0.272. The third-order valence-electron chi connectivity index (χ3n) is 3.86. The van der Waals surface area contributed by atoms with E-state index >= 15 is 0 Å². The van der Waals surface area contributed by atoms with Crippen LogP contribution in [-0.2, 0) is 16.1 Å². The molecule has 0 saturated carbocycles. The molecule has 0 radical (unpaired) electrons. The summed E-state index contributed by atoms with van der Waals surface area (Å²) in [6, 6.07) is 12.1. The van der Waals surface area contributed by atoms with E-state index in [9.17, 15) is 4.79 Å². The normalized spacial score (nSPS) is 10.8. The van der Waals surface area contributed by atoms with E-state index in [-0.39, 0.29) is 12.6 Å².